The molecule has 23 heavy (non-hydrogen) atoms. The van der Waals surface area contributed by atoms with Crippen LogP contribution in [0.3, 0.4) is 0 Å². The zero-order chi connectivity index (χ0) is 17.0. The molecule has 0 bridgehead atoms. The highest BCUT2D eigenvalue weighted by atomic mass is 79.9. The average Bonchev–Trinajstić information content (AvgIpc) is 2.49. The lowest BCUT2D eigenvalue weighted by Gasteiger charge is -2.25. The lowest BCUT2D eigenvalue weighted by molar-refractivity contribution is -0.128. The Bertz CT molecular complexity index is 701. The van der Waals surface area contributed by atoms with E-state index in [0.29, 0.717) is 22.2 Å². The van der Waals surface area contributed by atoms with E-state index >= 15 is 0 Å². The van der Waals surface area contributed by atoms with Gasteiger partial charge in [-0.05, 0) is 56.3 Å². The summed E-state index contributed by atoms with van der Waals surface area (Å²) in [7, 11) is 1.53. The van der Waals surface area contributed by atoms with Crippen molar-refractivity contribution in [2.75, 3.05) is 12.4 Å². The zero-order valence-corrected chi connectivity index (χ0v) is 15.4. The molecule has 0 heterocycles. The van der Waals surface area contributed by atoms with E-state index in [2.05, 4.69) is 21.2 Å². The largest absolute Gasteiger partial charge is 0.495 e. The van der Waals surface area contributed by atoms with Crippen molar-refractivity contribution < 1.29 is 14.3 Å². The smallest absolute Gasteiger partial charge is 0.268 e. The van der Waals surface area contributed by atoms with Gasteiger partial charge in [0.1, 0.15) is 11.5 Å². The minimum atomic E-state index is -1.07. The van der Waals surface area contributed by atoms with Crippen molar-refractivity contribution in [3.8, 4) is 11.5 Å². The maximum atomic E-state index is 12.5. The fourth-order valence-corrected chi connectivity index (χ4v) is 2.33. The van der Waals surface area contributed by atoms with Crippen molar-refractivity contribution >= 4 is 39.1 Å². The van der Waals surface area contributed by atoms with Gasteiger partial charge in [0.05, 0.1) is 12.8 Å². The van der Waals surface area contributed by atoms with Crippen LogP contribution in [-0.2, 0) is 4.79 Å². The van der Waals surface area contributed by atoms with E-state index in [-0.39, 0.29) is 5.91 Å². The summed E-state index contributed by atoms with van der Waals surface area (Å²) in [4.78, 5) is 12.5. The number of halogens is 2. The summed E-state index contributed by atoms with van der Waals surface area (Å²) in [6.45, 7) is 3.39. The molecule has 0 saturated heterocycles. The van der Waals surface area contributed by atoms with Gasteiger partial charge < -0.3 is 14.8 Å². The Morgan fingerprint density at radius 3 is 2.43 bits per heavy atom. The third-order valence-electron chi connectivity index (χ3n) is 3.14. The summed E-state index contributed by atoms with van der Waals surface area (Å²) in [6.07, 6.45) is 0. The van der Waals surface area contributed by atoms with Crippen LogP contribution in [0.15, 0.2) is 46.9 Å². The molecule has 2 rings (SSSR count). The van der Waals surface area contributed by atoms with Gasteiger partial charge in [-0.3, -0.25) is 4.79 Å². The molecule has 0 unspecified atom stereocenters. The second-order valence-corrected chi connectivity index (χ2v) is 6.72. The van der Waals surface area contributed by atoms with Crippen molar-refractivity contribution in [2.45, 2.75) is 19.4 Å². The van der Waals surface area contributed by atoms with Crippen molar-refractivity contribution in [3.63, 3.8) is 0 Å². The normalized spacial score (nSPS) is 11.0. The van der Waals surface area contributed by atoms with Crippen LogP contribution in [0.1, 0.15) is 13.8 Å². The van der Waals surface area contributed by atoms with E-state index < -0.39 is 5.60 Å². The molecule has 2 aromatic rings. The molecule has 4 nitrogen and oxygen atoms in total. The number of anilines is 1. The fourth-order valence-electron chi connectivity index (χ4n) is 1.89. The Kier molecular flexibility index (Phi) is 5.55. The van der Waals surface area contributed by atoms with E-state index in [1.165, 1.54) is 7.11 Å². The molecule has 0 saturated carbocycles. The predicted octanol–water partition coefficient (Wildman–Crippen LogP) is 4.91. The van der Waals surface area contributed by atoms with Gasteiger partial charge in [-0.15, -0.1) is 0 Å². The molecule has 0 fully saturated rings. The Hall–Kier alpha value is -1.72. The lowest BCUT2D eigenvalue weighted by Crippen LogP contribution is -2.42. The summed E-state index contributed by atoms with van der Waals surface area (Å²) < 4.78 is 12.0. The van der Waals surface area contributed by atoms with Crippen LogP contribution < -0.4 is 14.8 Å². The number of ether oxygens (including phenoxy) is 2. The standard InChI is InChI=1S/C17H17BrClNO3/c1-17(2,23-13-7-4-11(18)5-8-13)16(21)20-14-10-12(19)6-9-15(14)22-3/h4-10H,1-3H3,(H,20,21). The molecule has 1 N–H and O–H groups in total. The first kappa shape index (κ1) is 17.6. The fraction of sp³-hybridized carbons (Fsp3) is 0.235. The second kappa shape index (κ2) is 7.23. The molecule has 1 amide bonds. The van der Waals surface area contributed by atoms with Gasteiger partial charge in [0.15, 0.2) is 5.60 Å². The summed E-state index contributed by atoms with van der Waals surface area (Å²) >= 11 is 9.33. The summed E-state index contributed by atoms with van der Waals surface area (Å²) in [6, 6.07) is 12.3. The van der Waals surface area contributed by atoms with E-state index in [1.54, 1.807) is 44.2 Å². The number of amides is 1. The number of hydrogen-bond donors (Lipinski definition) is 1. The van der Waals surface area contributed by atoms with Crippen LogP contribution in [-0.4, -0.2) is 18.6 Å². The number of rotatable bonds is 5. The van der Waals surface area contributed by atoms with Gasteiger partial charge in [-0.25, -0.2) is 0 Å². The topological polar surface area (TPSA) is 47.6 Å². The summed E-state index contributed by atoms with van der Waals surface area (Å²) in [5.41, 5.74) is -0.571. The van der Waals surface area contributed by atoms with Crippen LogP contribution in [0, 0.1) is 0 Å². The van der Waals surface area contributed by atoms with Gasteiger partial charge in [0.25, 0.3) is 5.91 Å². The van der Waals surface area contributed by atoms with Crippen LogP contribution >= 0.6 is 27.5 Å². The second-order valence-electron chi connectivity index (χ2n) is 5.37. The third-order valence-corrected chi connectivity index (χ3v) is 3.91. The number of nitrogens with one attached hydrogen (secondary N) is 1. The quantitative estimate of drug-likeness (QED) is 0.778. The molecule has 0 atom stereocenters. The van der Waals surface area contributed by atoms with E-state index in [0.717, 1.165) is 4.47 Å². The molecular formula is C17H17BrClNO3. The zero-order valence-electron chi connectivity index (χ0n) is 13.0. The van der Waals surface area contributed by atoms with Gasteiger partial charge in [0, 0.05) is 9.50 Å². The van der Waals surface area contributed by atoms with Crippen molar-refractivity contribution in [3.05, 3.63) is 52.0 Å². The van der Waals surface area contributed by atoms with Crippen molar-refractivity contribution in [1.29, 1.82) is 0 Å². The molecule has 6 heteroatoms. The highest BCUT2D eigenvalue weighted by Gasteiger charge is 2.30. The van der Waals surface area contributed by atoms with Crippen LogP contribution in [0.5, 0.6) is 11.5 Å². The van der Waals surface area contributed by atoms with E-state index in [4.69, 9.17) is 21.1 Å². The SMILES string of the molecule is COc1ccc(Cl)cc1NC(=O)C(C)(C)Oc1ccc(Br)cc1. The lowest BCUT2D eigenvalue weighted by atomic mass is 10.1. The Balaban J connectivity index is 2.15. The highest BCUT2D eigenvalue weighted by Crippen LogP contribution is 2.29. The first-order valence-corrected chi connectivity index (χ1v) is 8.08. The molecule has 0 aliphatic rings. The van der Waals surface area contributed by atoms with E-state index in [1.807, 2.05) is 12.1 Å². The van der Waals surface area contributed by atoms with Crippen LogP contribution in [0.4, 0.5) is 5.69 Å². The molecule has 0 spiro atoms. The van der Waals surface area contributed by atoms with Crippen LogP contribution in [0.2, 0.25) is 5.02 Å². The maximum absolute atomic E-state index is 12.5. The molecular weight excluding hydrogens is 382 g/mol. The first-order chi connectivity index (χ1) is 10.8. The van der Waals surface area contributed by atoms with Crippen LogP contribution in [0.25, 0.3) is 0 Å². The molecule has 0 aliphatic heterocycles. The monoisotopic (exact) mass is 397 g/mol. The molecule has 122 valence electrons. The molecule has 0 aromatic heterocycles. The Morgan fingerprint density at radius 1 is 1.17 bits per heavy atom. The minimum Gasteiger partial charge on any atom is -0.495 e. The third kappa shape index (κ3) is 4.62. The van der Waals surface area contributed by atoms with Gasteiger partial charge >= 0.3 is 0 Å². The highest BCUT2D eigenvalue weighted by molar-refractivity contribution is 9.10. The number of benzene rings is 2. The molecule has 0 radical (unpaired) electrons. The number of methoxy groups -OCH3 is 1. The average molecular weight is 399 g/mol. The number of carbonyl (C=O) groups is 1. The Labute approximate surface area is 148 Å². The van der Waals surface area contributed by atoms with Gasteiger partial charge in [-0.1, -0.05) is 27.5 Å². The Morgan fingerprint density at radius 2 is 1.83 bits per heavy atom. The number of hydrogen-bond acceptors (Lipinski definition) is 3. The summed E-state index contributed by atoms with van der Waals surface area (Å²) in [5.74, 6) is 0.828. The van der Waals surface area contributed by atoms with Gasteiger partial charge in [0.2, 0.25) is 0 Å². The predicted molar refractivity (Wildman–Crippen MR) is 95.5 cm³/mol. The molecule has 0 aliphatic carbocycles. The minimum absolute atomic E-state index is 0.305. The maximum Gasteiger partial charge on any atom is 0.268 e. The van der Waals surface area contributed by atoms with Gasteiger partial charge in [-0.2, -0.15) is 0 Å². The molecule has 2 aromatic carbocycles. The number of carbonyl (C=O) groups excluding carboxylic acids is 1. The van der Waals surface area contributed by atoms with E-state index in [9.17, 15) is 4.79 Å². The summed E-state index contributed by atoms with van der Waals surface area (Å²) in [5, 5.41) is 3.30. The first-order valence-electron chi connectivity index (χ1n) is 6.91. The van der Waals surface area contributed by atoms with Crippen molar-refractivity contribution in [1.82, 2.24) is 0 Å². The van der Waals surface area contributed by atoms with Crippen molar-refractivity contribution in [2.24, 2.45) is 0 Å².